The van der Waals surface area contributed by atoms with Crippen LogP contribution in [0.4, 0.5) is 0 Å². The quantitative estimate of drug-likeness (QED) is 0.0367. The third kappa shape index (κ3) is 40.6. The molecule has 0 aromatic carbocycles. The zero-order valence-electron chi connectivity index (χ0n) is 36.8. The number of aliphatic hydroxyl groups is 3. The second-order valence-electron chi connectivity index (χ2n) is 16.7. The summed E-state index contributed by atoms with van der Waals surface area (Å²) in [5, 5.41) is 33.2. The van der Waals surface area contributed by atoms with E-state index in [0.717, 1.165) is 38.5 Å². The summed E-state index contributed by atoms with van der Waals surface area (Å²) >= 11 is 0. The highest BCUT2D eigenvalue weighted by Gasteiger charge is 2.22. The highest BCUT2D eigenvalue weighted by molar-refractivity contribution is 5.80. The smallest absolute Gasteiger partial charge is 0.249 e. The molecule has 0 bridgehead atoms. The van der Waals surface area contributed by atoms with Crippen molar-refractivity contribution >= 4 is 5.91 Å². The first-order valence-electron chi connectivity index (χ1n) is 24.3. The molecule has 5 nitrogen and oxygen atoms in total. The van der Waals surface area contributed by atoms with E-state index in [9.17, 15) is 20.1 Å². The van der Waals surface area contributed by atoms with Gasteiger partial charge >= 0.3 is 0 Å². The number of aliphatic hydroxyl groups excluding tert-OH is 3. The number of unbranched alkanes of at least 4 members (excludes halogenated alkanes) is 32. The normalized spacial score (nSPS) is 13.8. The molecular weight excluding hydrogens is 679 g/mol. The van der Waals surface area contributed by atoms with Crippen molar-refractivity contribution in [1.29, 1.82) is 0 Å². The lowest BCUT2D eigenvalue weighted by molar-refractivity contribution is -0.131. The molecule has 3 unspecified atom stereocenters. The van der Waals surface area contributed by atoms with Gasteiger partial charge in [0.05, 0.1) is 18.8 Å². The van der Waals surface area contributed by atoms with Gasteiger partial charge in [0.1, 0.15) is 6.10 Å². The van der Waals surface area contributed by atoms with Crippen molar-refractivity contribution in [2.45, 2.75) is 270 Å². The molecule has 0 radical (unpaired) electrons. The molecule has 5 heteroatoms. The van der Waals surface area contributed by atoms with Crippen molar-refractivity contribution in [2.24, 2.45) is 0 Å². The SMILES string of the molecule is CCCCCCCCCCC/C=C\C/C=C\CCCCCCCCCCCCCCC(O)C(=O)NC(CO)C(O)/C=C/CCCCCCCCCCCCC. The zero-order chi connectivity index (χ0) is 40.1. The second-order valence-corrected chi connectivity index (χ2v) is 16.7. The Morgan fingerprint density at radius 1 is 0.455 bits per heavy atom. The first-order valence-corrected chi connectivity index (χ1v) is 24.3. The molecule has 0 spiro atoms. The molecule has 0 heterocycles. The Morgan fingerprint density at radius 3 is 1.15 bits per heavy atom. The Balaban J connectivity index is 3.59. The average molecular weight is 774 g/mol. The van der Waals surface area contributed by atoms with Gasteiger partial charge < -0.3 is 20.6 Å². The van der Waals surface area contributed by atoms with Crippen LogP contribution in [0.5, 0.6) is 0 Å². The lowest BCUT2D eigenvalue weighted by Gasteiger charge is -2.21. The van der Waals surface area contributed by atoms with Crippen LogP contribution in [0.3, 0.4) is 0 Å². The van der Waals surface area contributed by atoms with Gasteiger partial charge in [-0.05, 0) is 51.4 Å². The van der Waals surface area contributed by atoms with Crippen molar-refractivity contribution < 1.29 is 20.1 Å². The maximum absolute atomic E-state index is 12.5. The van der Waals surface area contributed by atoms with Gasteiger partial charge in [0.15, 0.2) is 0 Å². The molecule has 0 saturated carbocycles. The van der Waals surface area contributed by atoms with Crippen LogP contribution in [0.1, 0.15) is 251 Å². The molecule has 0 aliphatic heterocycles. The van der Waals surface area contributed by atoms with Crippen molar-refractivity contribution in [3.63, 3.8) is 0 Å². The molecule has 0 fully saturated rings. The summed E-state index contributed by atoms with van der Waals surface area (Å²) in [5.41, 5.74) is 0. The first-order chi connectivity index (χ1) is 27.1. The van der Waals surface area contributed by atoms with E-state index in [1.165, 1.54) is 193 Å². The zero-order valence-corrected chi connectivity index (χ0v) is 36.8. The van der Waals surface area contributed by atoms with E-state index in [2.05, 4.69) is 43.5 Å². The summed E-state index contributed by atoms with van der Waals surface area (Å²) in [5.74, 6) is -0.504. The fraction of sp³-hybridized carbons (Fsp3) is 0.860. The third-order valence-corrected chi connectivity index (χ3v) is 11.2. The molecule has 1 amide bonds. The van der Waals surface area contributed by atoms with Crippen molar-refractivity contribution in [1.82, 2.24) is 5.32 Å². The molecule has 0 aliphatic carbocycles. The van der Waals surface area contributed by atoms with E-state index >= 15 is 0 Å². The van der Waals surface area contributed by atoms with Crippen molar-refractivity contribution in [3.05, 3.63) is 36.5 Å². The van der Waals surface area contributed by atoms with E-state index < -0.39 is 24.2 Å². The Morgan fingerprint density at radius 2 is 0.782 bits per heavy atom. The van der Waals surface area contributed by atoms with E-state index in [0.29, 0.717) is 6.42 Å². The maximum Gasteiger partial charge on any atom is 0.249 e. The molecule has 0 aromatic heterocycles. The number of hydrogen-bond acceptors (Lipinski definition) is 4. The van der Waals surface area contributed by atoms with Gasteiger partial charge in [-0.15, -0.1) is 0 Å². The Kier molecular flexibility index (Phi) is 44.1. The number of carbonyl (C=O) groups is 1. The molecular formula is C50H95NO4. The van der Waals surface area contributed by atoms with Crippen LogP contribution < -0.4 is 5.32 Å². The van der Waals surface area contributed by atoms with Crippen LogP contribution in [0.2, 0.25) is 0 Å². The number of amides is 1. The second kappa shape index (κ2) is 45.3. The number of carbonyl (C=O) groups excluding carboxylic acids is 1. The minimum atomic E-state index is -1.10. The van der Waals surface area contributed by atoms with E-state index in [1.54, 1.807) is 6.08 Å². The minimum absolute atomic E-state index is 0.363. The van der Waals surface area contributed by atoms with Crippen LogP contribution >= 0.6 is 0 Å². The summed E-state index contributed by atoms with van der Waals surface area (Å²) in [6.07, 6.45) is 57.7. The topological polar surface area (TPSA) is 89.8 Å². The Hall–Kier alpha value is -1.43. The lowest BCUT2D eigenvalue weighted by Crippen LogP contribution is -2.48. The Labute approximate surface area is 343 Å². The summed E-state index contributed by atoms with van der Waals surface area (Å²) in [4.78, 5) is 12.5. The fourth-order valence-electron chi connectivity index (χ4n) is 7.39. The highest BCUT2D eigenvalue weighted by atomic mass is 16.3. The van der Waals surface area contributed by atoms with Gasteiger partial charge in [-0.3, -0.25) is 4.79 Å². The van der Waals surface area contributed by atoms with Gasteiger partial charge in [0.25, 0.3) is 0 Å². The van der Waals surface area contributed by atoms with Crippen LogP contribution in [-0.2, 0) is 4.79 Å². The molecule has 0 rings (SSSR count). The van der Waals surface area contributed by atoms with Gasteiger partial charge in [-0.1, -0.05) is 237 Å². The number of rotatable bonds is 44. The molecule has 0 aliphatic rings. The monoisotopic (exact) mass is 774 g/mol. The average Bonchev–Trinajstić information content (AvgIpc) is 3.19. The van der Waals surface area contributed by atoms with Gasteiger partial charge in [-0.25, -0.2) is 0 Å². The number of allylic oxidation sites excluding steroid dienone is 5. The number of hydrogen-bond donors (Lipinski definition) is 4. The predicted molar refractivity (Wildman–Crippen MR) is 241 cm³/mol. The minimum Gasteiger partial charge on any atom is -0.394 e. The molecule has 0 saturated heterocycles. The standard InChI is InChI=1S/C50H95NO4/c1-3-5-7-9-11-13-15-17-18-19-20-21-22-23-24-25-26-27-28-29-30-31-33-35-37-39-41-43-45-49(54)50(55)51-47(46-52)48(53)44-42-40-38-36-34-32-16-14-12-10-8-6-4-2/h20-21,23-24,42,44,47-49,52-54H,3-19,22,25-41,43,45-46H2,1-2H3,(H,51,55)/b21-20-,24-23-,44-42+. The fourth-order valence-corrected chi connectivity index (χ4v) is 7.39. The predicted octanol–water partition coefficient (Wildman–Crippen LogP) is 14.3. The summed E-state index contributed by atoms with van der Waals surface area (Å²) in [7, 11) is 0. The molecule has 55 heavy (non-hydrogen) atoms. The molecule has 3 atom stereocenters. The van der Waals surface area contributed by atoms with Crippen molar-refractivity contribution in [3.8, 4) is 0 Å². The van der Waals surface area contributed by atoms with Crippen LogP contribution in [0.25, 0.3) is 0 Å². The highest BCUT2D eigenvalue weighted by Crippen LogP contribution is 2.16. The molecule has 4 N–H and O–H groups in total. The van der Waals surface area contributed by atoms with Crippen LogP contribution in [-0.4, -0.2) is 46.1 Å². The summed E-state index contributed by atoms with van der Waals surface area (Å²) < 4.78 is 0. The van der Waals surface area contributed by atoms with Crippen molar-refractivity contribution in [2.75, 3.05) is 6.61 Å². The van der Waals surface area contributed by atoms with Gasteiger partial charge in [0, 0.05) is 0 Å². The lowest BCUT2D eigenvalue weighted by atomic mass is 10.0. The molecule has 324 valence electrons. The van der Waals surface area contributed by atoms with Gasteiger partial charge in [-0.2, -0.15) is 0 Å². The third-order valence-electron chi connectivity index (χ3n) is 11.2. The van der Waals surface area contributed by atoms with Crippen LogP contribution in [0.15, 0.2) is 36.5 Å². The van der Waals surface area contributed by atoms with Gasteiger partial charge in [0.2, 0.25) is 5.91 Å². The largest absolute Gasteiger partial charge is 0.394 e. The first kappa shape index (κ1) is 53.6. The summed E-state index contributed by atoms with van der Waals surface area (Å²) in [6, 6.07) is -0.797. The van der Waals surface area contributed by atoms with E-state index in [4.69, 9.17) is 0 Å². The van der Waals surface area contributed by atoms with E-state index in [1.807, 2.05) is 6.08 Å². The van der Waals surface area contributed by atoms with E-state index in [-0.39, 0.29) is 6.61 Å². The van der Waals surface area contributed by atoms with Crippen LogP contribution in [0, 0.1) is 0 Å². The number of nitrogens with one attached hydrogen (secondary N) is 1. The maximum atomic E-state index is 12.5. The molecule has 0 aromatic rings. The Bertz CT molecular complexity index is 855. The summed E-state index contributed by atoms with van der Waals surface area (Å²) in [6.45, 7) is 4.18.